The molecule has 1 spiro atoms. The van der Waals surface area contributed by atoms with Crippen molar-refractivity contribution in [3.8, 4) is 0 Å². The van der Waals surface area contributed by atoms with E-state index in [1.807, 2.05) is 6.07 Å². The van der Waals surface area contributed by atoms with Gasteiger partial charge in [-0.2, -0.15) is 13.2 Å². The van der Waals surface area contributed by atoms with Gasteiger partial charge in [0.15, 0.2) is 0 Å². The van der Waals surface area contributed by atoms with Gasteiger partial charge in [0.25, 0.3) is 0 Å². The van der Waals surface area contributed by atoms with Crippen molar-refractivity contribution in [1.29, 1.82) is 0 Å². The molecule has 2 aromatic rings. The van der Waals surface area contributed by atoms with E-state index in [0.29, 0.717) is 10.8 Å². The Hall–Kier alpha value is -1.82. The Kier molecular flexibility index (Phi) is 4.60. The number of alkyl halides is 3. The molecule has 0 radical (unpaired) electrons. The van der Waals surface area contributed by atoms with E-state index in [4.69, 9.17) is 0 Å². The van der Waals surface area contributed by atoms with Crippen LogP contribution in [0.4, 0.5) is 18.9 Å². The second kappa shape index (κ2) is 6.61. The van der Waals surface area contributed by atoms with Crippen LogP contribution in [0.25, 0.3) is 10.9 Å². The highest BCUT2D eigenvalue weighted by atomic mass is 19.4. The Morgan fingerprint density at radius 3 is 2.25 bits per heavy atom. The molecule has 0 atom stereocenters. The maximum Gasteiger partial charge on any atom is 0.418 e. The highest BCUT2D eigenvalue weighted by Gasteiger charge is 2.43. The quantitative estimate of drug-likeness (QED) is 0.654. The molecule has 0 aliphatic carbocycles. The second-order valence-electron chi connectivity index (χ2n) is 9.36. The largest absolute Gasteiger partial charge is 0.418 e. The van der Waals surface area contributed by atoms with Gasteiger partial charge in [0.2, 0.25) is 0 Å². The van der Waals surface area contributed by atoms with Crippen LogP contribution in [0.15, 0.2) is 30.5 Å². The maximum absolute atomic E-state index is 13.4. The zero-order chi connectivity index (χ0) is 20.2. The van der Waals surface area contributed by atoms with Gasteiger partial charge in [0.05, 0.1) is 11.1 Å². The fourth-order valence-electron chi connectivity index (χ4n) is 4.80. The molecule has 2 saturated heterocycles. The van der Waals surface area contributed by atoms with Gasteiger partial charge in [-0.1, -0.05) is 12.1 Å². The molecule has 2 aliphatic heterocycles. The molecule has 28 heavy (non-hydrogen) atoms. The van der Waals surface area contributed by atoms with Gasteiger partial charge in [-0.25, -0.2) is 0 Å². The van der Waals surface area contributed by atoms with Crippen LogP contribution in [0.1, 0.15) is 45.6 Å². The minimum absolute atomic E-state index is 0.0487. The first-order valence-corrected chi connectivity index (χ1v) is 10.0. The number of aromatic nitrogens is 1. The number of benzene rings is 1. The van der Waals surface area contributed by atoms with Crippen LogP contribution in [0, 0.1) is 5.41 Å². The first-order valence-electron chi connectivity index (χ1n) is 10.0. The molecule has 1 aromatic heterocycles. The lowest BCUT2D eigenvalue weighted by atomic mass is 9.77. The number of pyridine rings is 1. The lowest BCUT2D eigenvalue weighted by molar-refractivity contribution is -0.136. The molecule has 2 fully saturated rings. The van der Waals surface area contributed by atoms with Crippen molar-refractivity contribution in [3.05, 3.63) is 36.0 Å². The number of para-hydroxylation sites is 1. The van der Waals surface area contributed by atoms with Crippen molar-refractivity contribution in [1.82, 2.24) is 9.88 Å². The summed E-state index contributed by atoms with van der Waals surface area (Å²) < 4.78 is 40.1. The highest BCUT2D eigenvalue weighted by Crippen LogP contribution is 2.44. The van der Waals surface area contributed by atoms with Gasteiger partial charge in [0.1, 0.15) is 0 Å². The summed E-state index contributed by atoms with van der Waals surface area (Å²) in [6.45, 7) is 10.8. The molecular formula is C22H28F3N3. The zero-order valence-corrected chi connectivity index (χ0v) is 16.8. The summed E-state index contributed by atoms with van der Waals surface area (Å²) in [5, 5.41) is 0.594. The SMILES string of the molecule is CC(C)(C)N1CCC2(CCN(c3ccnc4c(C(F)(F)F)cccc34)CC2)C1. The molecular weight excluding hydrogens is 363 g/mol. The van der Waals surface area contributed by atoms with E-state index in [1.165, 1.54) is 18.7 Å². The zero-order valence-electron chi connectivity index (χ0n) is 16.8. The number of nitrogens with zero attached hydrogens (tertiary/aromatic N) is 3. The van der Waals surface area contributed by atoms with Gasteiger partial charge in [0, 0.05) is 42.4 Å². The fraction of sp³-hybridized carbons (Fsp3) is 0.591. The van der Waals surface area contributed by atoms with E-state index < -0.39 is 11.7 Å². The Labute approximate surface area is 164 Å². The van der Waals surface area contributed by atoms with Crippen LogP contribution in [-0.2, 0) is 6.18 Å². The number of halogens is 3. The third-order valence-corrected chi connectivity index (χ3v) is 6.61. The van der Waals surface area contributed by atoms with E-state index in [-0.39, 0.29) is 11.1 Å². The molecule has 0 saturated carbocycles. The molecule has 3 nitrogen and oxygen atoms in total. The number of anilines is 1. The summed E-state index contributed by atoms with van der Waals surface area (Å²) in [7, 11) is 0. The molecule has 152 valence electrons. The van der Waals surface area contributed by atoms with E-state index in [1.54, 1.807) is 6.07 Å². The summed E-state index contributed by atoms with van der Waals surface area (Å²) in [5.41, 5.74) is 0.806. The summed E-state index contributed by atoms with van der Waals surface area (Å²) in [5.74, 6) is 0. The third kappa shape index (κ3) is 3.47. The Morgan fingerprint density at radius 1 is 0.964 bits per heavy atom. The minimum Gasteiger partial charge on any atom is -0.371 e. The summed E-state index contributed by atoms with van der Waals surface area (Å²) in [6, 6.07) is 6.22. The van der Waals surface area contributed by atoms with Gasteiger partial charge >= 0.3 is 6.18 Å². The highest BCUT2D eigenvalue weighted by molar-refractivity contribution is 5.93. The van der Waals surface area contributed by atoms with Crippen LogP contribution in [0.2, 0.25) is 0 Å². The molecule has 1 aromatic carbocycles. The van der Waals surface area contributed by atoms with E-state index in [2.05, 4.69) is 35.6 Å². The topological polar surface area (TPSA) is 19.4 Å². The molecule has 2 aliphatic rings. The molecule has 3 heterocycles. The van der Waals surface area contributed by atoms with Crippen molar-refractivity contribution in [3.63, 3.8) is 0 Å². The lowest BCUT2D eigenvalue weighted by Gasteiger charge is -2.42. The third-order valence-electron chi connectivity index (χ3n) is 6.61. The lowest BCUT2D eigenvalue weighted by Crippen LogP contribution is -2.45. The van der Waals surface area contributed by atoms with Gasteiger partial charge < -0.3 is 4.90 Å². The number of hydrogen-bond acceptors (Lipinski definition) is 3. The average Bonchev–Trinajstić information content (AvgIpc) is 3.05. The Balaban J connectivity index is 1.57. The normalized spacial score (nSPS) is 21.0. The molecule has 0 unspecified atom stereocenters. The molecule has 0 N–H and O–H groups in total. The molecule has 0 amide bonds. The van der Waals surface area contributed by atoms with Gasteiger partial charge in [-0.3, -0.25) is 9.88 Å². The number of rotatable bonds is 1. The second-order valence-corrected chi connectivity index (χ2v) is 9.36. The maximum atomic E-state index is 13.4. The summed E-state index contributed by atoms with van der Waals surface area (Å²) >= 11 is 0. The number of piperidine rings is 1. The predicted molar refractivity (Wildman–Crippen MR) is 107 cm³/mol. The van der Waals surface area contributed by atoms with Crippen LogP contribution >= 0.6 is 0 Å². The van der Waals surface area contributed by atoms with E-state index >= 15 is 0 Å². The Bertz CT molecular complexity index is 861. The standard InChI is InChI=1S/C22H28F3N3/c1-20(2,3)28-14-10-21(15-28)8-12-27(13-9-21)18-7-11-26-19-16(18)5-4-6-17(19)22(23,24)25/h4-7,11H,8-10,12-15H2,1-3H3. The van der Waals surface area contributed by atoms with Crippen LogP contribution < -0.4 is 4.90 Å². The Morgan fingerprint density at radius 2 is 1.64 bits per heavy atom. The van der Waals surface area contributed by atoms with Gasteiger partial charge in [-0.15, -0.1) is 0 Å². The fourth-order valence-corrected chi connectivity index (χ4v) is 4.80. The molecule has 6 heteroatoms. The average molecular weight is 391 g/mol. The number of likely N-dealkylation sites (tertiary alicyclic amines) is 1. The summed E-state index contributed by atoms with van der Waals surface area (Å²) in [6.07, 6.45) is 0.504. The van der Waals surface area contributed by atoms with Crippen molar-refractivity contribution in [2.45, 2.75) is 51.7 Å². The van der Waals surface area contributed by atoms with E-state index in [9.17, 15) is 13.2 Å². The summed E-state index contributed by atoms with van der Waals surface area (Å²) in [4.78, 5) is 8.87. The first-order chi connectivity index (χ1) is 13.1. The van der Waals surface area contributed by atoms with Crippen LogP contribution in [-0.4, -0.2) is 41.6 Å². The monoisotopic (exact) mass is 391 g/mol. The van der Waals surface area contributed by atoms with Crippen molar-refractivity contribution >= 4 is 16.6 Å². The van der Waals surface area contributed by atoms with E-state index in [0.717, 1.165) is 50.8 Å². The first kappa shape index (κ1) is 19.5. The van der Waals surface area contributed by atoms with Crippen molar-refractivity contribution < 1.29 is 13.2 Å². The minimum atomic E-state index is -4.39. The van der Waals surface area contributed by atoms with Crippen molar-refractivity contribution in [2.24, 2.45) is 5.41 Å². The van der Waals surface area contributed by atoms with Crippen molar-refractivity contribution in [2.75, 3.05) is 31.1 Å². The molecule has 0 bridgehead atoms. The van der Waals surface area contributed by atoms with Crippen LogP contribution in [0.5, 0.6) is 0 Å². The van der Waals surface area contributed by atoms with Crippen LogP contribution in [0.3, 0.4) is 0 Å². The smallest absolute Gasteiger partial charge is 0.371 e. The molecule has 4 rings (SSSR count). The number of hydrogen-bond donors (Lipinski definition) is 0. The van der Waals surface area contributed by atoms with Gasteiger partial charge in [-0.05, 0) is 64.1 Å². The number of fused-ring (bicyclic) bond motifs is 1. The predicted octanol–water partition coefficient (Wildman–Crippen LogP) is 5.34.